The number of pyridine rings is 1. The van der Waals surface area contributed by atoms with Crippen molar-refractivity contribution in [1.82, 2.24) is 9.88 Å². The zero-order valence-electron chi connectivity index (χ0n) is 11.0. The predicted molar refractivity (Wildman–Crippen MR) is 72.5 cm³/mol. The Balaban J connectivity index is 2.09. The third-order valence-corrected chi connectivity index (χ3v) is 3.40. The Morgan fingerprint density at radius 2 is 2.11 bits per heavy atom. The number of hydrogen-bond acceptors (Lipinski definition) is 4. The minimum Gasteiger partial charge on any atom is -0.397 e. The van der Waals surface area contributed by atoms with E-state index in [1.807, 2.05) is 17.9 Å². The van der Waals surface area contributed by atoms with Crippen LogP contribution < -0.4 is 10.6 Å². The number of aromatic nitrogens is 1. The Morgan fingerprint density at radius 3 is 2.78 bits per heavy atom. The van der Waals surface area contributed by atoms with Crippen LogP contribution in [-0.4, -0.2) is 42.0 Å². The van der Waals surface area contributed by atoms with Crippen molar-refractivity contribution in [3.63, 3.8) is 0 Å². The molecule has 1 aromatic rings. The van der Waals surface area contributed by atoms with Crippen molar-refractivity contribution in [3.05, 3.63) is 17.8 Å². The summed E-state index contributed by atoms with van der Waals surface area (Å²) in [6, 6.07) is 2.01. The standard InChI is InChI=1S/C13H20N4O/c1-10-8-13(15-9-12(10)14)17-5-3-4-16(6-7-17)11(2)18/h8-9H,3-7,14H2,1-2H3. The van der Waals surface area contributed by atoms with Gasteiger partial charge in [-0.15, -0.1) is 0 Å². The summed E-state index contributed by atoms with van der Waals surface area (Å²) in [7, 11) is 0. The Labute approximate surface area is 108 Å². The molecule has 18 heavy (non-hydrogen) atoms. The number of nitrogens with zero attached hydrogens (tertiary/aromatic N) is 3. The predicted octanol–water partition coefficient (Wildman–Crippen LogP) is 1.03. The van der Waals surface area contributed by atoms with E-state index in [0.717, 1.165) is 49.7 Å². The van der Waals surface area contributed by atoms with E-state index >= 15 is 0 Å². The molecule has 0 aromatic carbocycles. The van der Waals surface area contributed by atoms with Crippen LogP contribution in [0.1, 0.15) is 18.9 Å². The van der Waals surface area contributed by atoms with Crippen LogP contribution in [0, 0.1) is 6.92 Å². The van der Waals surface area contributed by atoms with Crippen LogP contribution in [0.5, 0.6) is 0 Å². The highest BCUT2D eigenvalue weighted by Crippen LogP contribution is 2.18. The highest BCUT2D eigenvalue weighted by molar-refractivity contribution is 5.73. The van der Waals surface area contributed by atoms with Crippen LogP contribution in [0.4, 0.5) is 11.5 Å². The zero-order chi connectivity index (χ0) is 13.1. The molecule has 0 saturated carbocycles. The summed E-state index contributed by atoms with van der Waals surface area (Å²) in [6.45, 7) is 6.97. The molecule has 0 aliphatic carbocycles. The fourth-order valence-corrected chi connectivity index (χ4v) is 2.19. The normalized spacial score (nSPS) is 16.6. The average molecular weight is 248 g/mol. The maximum absolute atomic E-state index is 11.4. The SMILES string of the molecule is CC(=O)N1CCCN(c2cc(C)c(N)cn2)CC1. The van der Waals surface area contributed by atoms with Crippen LogP contribution in [0.15, 0.2) is 12.3 Å². The largest absolute Gasteiger partial charge is 0.397 e. The van der Waals surface area contributed by atoms with Gasteiger partial charge in [-0.2, -0.15) is 0 Å². The van der Waals surface area contributed by atoms with Gasteiger partial charge in [0, 0.05) is 33.1 Å². The Morgan fingerprint density at radius 1 is 1.33 bits per heavy atom. The quantitative estimate of drug-likeness (QED) is 0.806. The summed E-state index contributed by atoms with van der Waals surface area (Å²) in [5, 5.41) is 0. The molecule has 2 rings (SSSR count). The lowest BCUT2D eigenvalue weighted by atomic mass is 10.2. The number of carbonyl (C=O) groups is 1. The highest BCUT2D eigenvalue weighted by atomic mass is 16.2. The Bertz CT molecular complexity index is 447. The van der Waals surface area contributed by atoms with Crippen molar-refractivity contribution in [2.75, 3.05) is 36.8 Å². The van der Waals surface area contributed by atoms with Gasteiger partial charge < -0.3 is 15.5 Å². The van der Waals surface area contributed by atoms with Crippen molar-refractivity contribution in [1.29, 1.82) is 0 Å². The molecular weight excluding hydrogens is 228 g/mol. The van der Waals surface area contributed by atoms with Crippen molar-refractivity contribution in [2.24, 2.45) is 0 Å². The first kappa shape index (κ1) is 12.7. The van der Waals surface area contributed by atoms with Crippen LogP contribution >= 0.6 is 0 Å². The number of amides is 1. The molecule has 1 saturated heterocycles. The maximum Gasteiger partial charge on any atom is 0.219 e. The van der Waals surface area contributed by atoms with Crippen molar-refractivity contribution in [2.45, 2.75) is 20.3 Å². The van der Waals surface area contributed by atoms with E-state index in [-0.39, 0.29) is 5.91 Å². The fraction of sp³-hybridized carbons (Fsp3) is 0.538. The fourth-order valence-electron chi connectivity index (χ4n) is 2.19. The zero-order valence-corrected chi connectivity index (χ0v) is 11.0. The van der Waals surface area contributed by atoms with E-state index in [9.17, 15) is 4.79 Å². The lowest BCUT2D eigenvalue weighted by Gasteiger charge is -2.22. The van der Waals surface area contributed by atoms with Gasteiger partial charge in [0.05, 0.1) is 11.9 Å². The first-order valence-corrected chi connectivity index (χ1v) is 6.30. The van der Waals surface area contributed by atoms with E-state index in [4.69, 9.17) is 5.73 Å². The molecule has 2 N–H and O–H groups in total. The second-order valence-electron chi connectivity index (χ2n) is 4.75. The molecule has 1 amide bonds. The first-order valence-electron chi connectivity index (χ1n) is 6.30. The van der Waals surface area contributed by atoms with Crippen LogP contribution in [0.3, 0.4) is 0 Å². The molecule has 2 heterocycles. The smallest absolute Gasteiger partial charge is 0.219 e. The van der Waals surface area contributed by atoms with Crippen LogP contribution in [0.2, 0.25) is 0 Å². The molecular formula is C13H20N4O. The molecule has 1 aromatic heterocycles. The number of carbonyl (C=O) groups excluding carboxylic acids is 1. The van der Waals surface area contributed by atoms with Gasteiger partial charge in [0.2, 0.25) is 5.91 Å². The summed E-state index contributed by atoms with van der Waals surface area (Å²) >= 11 is 0. The van der Waals surface area contributed by atoms with E-state index in [0.29, 0.717) is 0 Å². The lowest BCUT2D eigenvalue weighted by Crippen LogP contribution is -2.33. The molecule has 1 aliphatic heterocycles. The number of anilines is 2. The van der Waals surface area contributed by atoms with E-state index in [1.54, 1.807) is 13.1 Å². The number of nitrogen functional groups attached to an aromatic ring is 1. The van der Waals surface area contributed by atoms with Gasteiger partial charge in [0.1, 0.15) is 5.82 Å². The highest BCUT2D eigenvalue weighted by Gasteiger charge is 2.17. The lowest BCUT2D eigenvalue weighted by molar-refractivity contribution is -0.128. The van der Waals surface area contributed by atoms with E-state index in [2.05, 4.69) is 9.88 Å². The van der Waals surface area contributed by atoms with Crippen LogP contribution in [-0.2, 0) is 4.79 Å². The first-order chi connectivity index (χ1) is 8.58. The second kappa shape index (κ2) is 5.25. The van der Waals surface area contributed by atoms with Gasteiger partial charge in [0.25, 0.3) is 0 Å². The minimum absolute atomic E-state index is 0.151. The number of nitrogens with two attached hydrogens (primary N) is 1. The van der Waals surface area contributed by atoms with E-state index in [1.165, 1.54) is 0 Å². The molecule has 5 heteroatoms. The monoisotopic (exact) mass is 248 g/mol. The van der Waals surface area contributed by atoms with Gasteiger partial charge in [-0.1, -0.05) is 0 Å². The van der Waals surface area contributed by atoms with Crippen molar-refractivity contribution < 1.29 is 4.79 Å². The molecule has 1 aliphatic rings. The topological polar surface area (TPSA) is 62.5 Å². The van der Waals surface area contributed by atoms with Gasteiger partial charge in [0.15, 0.2) is 0 Å². The average Bonchev–Trinajstić information content (AvgIpc) is 2.58. The third kappa shape index (κ3) is 2.72. The number of hydrogen-bond donors (Lipinski definition) is 1. The van der Waals surface area contributed by atoms with E-state index < -0.39 is 0 Å². The summed E-state index contributed by atoms with van der Waals surface area (Å²) in [4.78, 5) is 19.9. The van der Waals surface area contributed by atoms with Crippen LogP contribution in [0.25, 0.3) is 0 Å². The second-order valence-corrected chi connectivity index (χ2v) is 4.75. The molecule has 0 unspecified atom stereocenters. The molecule has 0 spiro atoms. The maximum atomic E-state index is 11.4. The van der Waals surface area contributed by atoms with Crippen molar-refractivity contribution >= 4 is 17.4 Å². The Hall–Kier alpha value is -1.78. The molecule has 0 atom stereocenters. The third-order valence-electron chi connectivity index (χ3n) is 3.40. The summed E-state index contributed by atoms with van der Waals surface area (Å²) in [6.07, 6.45) is 2.68. The number of aryl methyl sites for hydroxylation is 1. The summed E-state index contributed by atoms with van der Waals surface area (Å²) in [5.74, 6) is 1.10. The molecule has 5 nitrogen and oxygen atoms in total. The van der Waals surface area contributed by atoms with Gasteiger partial charge in [-0.25, -0.2) is 4.98 Å². The van der Waals surface area contributed by atoms with Gasteiger partial charge >= 0.3 is 0 Å². The Kier molecular flexibility index (Phi) is 3.69. The summed E-state index contributed by atoms with van der Waals surface area (Å²) < 4.78 is 0. The number of rotatable bonds is 1. The minimum atomic E-state index is 0.151. The summed E-state index contributed by atoms with van der Waals surface area (Å²) in [5.41, 5.74) is 7.55. The van der Waals surface area contributed by atoms with Gasteiger partial charge in [-0.05, 0) is 25.0 Å². The van der Waals surface area contributed by atoms with Gasteiger partial charge in [-0.3, -0.25) is 4.79 Å². The molecule has 1 fully saturated rings. The molecule has 0 bridgehead atoms. The molecule has 0 radical (unpaired) electrons. The molecule has 98 valence electrons. The van der Waals surface area contributed by atoms with Crippen molar-refractivity contribution in [3.8, 4) is 0 Å².